The lowest BCUT2D eigenvalue weighted by atomic mass is 9.81. The molecular weight excluding hydrogens is 513 g/mol. The summed E-state index contributed by atoms with van der Waals surface area (Å²) >= 11 is 1.26. The molecule has 0 saturated carbocycles. The highest BCUT2D eigenvalue weighted by Gasteiger charge is 2.37. The molecule has 0 unspecified atom stereocenters. The first-order valence-electron chi connectivity index (χ1n) is 11.1. The fraction of sp³-hybridized carbons (Fsp3) is 0.360. The van der Waals surface area contributed by atoms with Crippen molar-refractivity contribution in [3.8, 4) is 10.6 Å². The minimum atomic E-state index is -4.43. The molecule has 4 rings (SSSR count). The Morgan fingerprint density at radius 1 is 1.11 bits per heavy atom. The van der Waals surface area contributed by atoms with E-state index in [9.17, 15) is 31.5 Å². The van der Waals surface area contributed by atoms with Gasteiger partial charge in [0.2, 0.25) is 10.0 Å². The molecule has 1 aliphatic heterocycles. The van der Waals surface area contributed by atoms with Gasteiger partial charge in [0.05, 0.1) is 28.1 Å². The van der Waals surface area contributed by atoms with Crippen LogP contribution in [0, 0.1) is 13.8 Å². The number of carboxylic acids is 1. The van der Waals surface area contributed by atoms with Crippen LogP contribution in [0.2, 0.25) is 0 Å². The Bertz CT molecular complexity index is 1440. The van der Waals surface area contributed by atoms with Gasteiger partial charge in [0.15, 0.2) is 0 Å². The number of benzene rings is 2. The van der Waals surface area contributed by atoms with Crippen molar-refractivity contribution in [3.63, 3.8) is 0 Å². The fourth-order valence-electron chi connectivity index (χ4n) is 4.30. The zero-order valence-corrected chi connectivity index (χ0v) is 21.7. The topological polar surface area (TPSA) is 87.6 Å². The second-order valence-electron chi connectivity index (χ2n) is 9.42. The van der Waals surface area contributed by atoms with Crippen LogP contribution in [0.4, 0.5) is 13.2 Å². The Balaban J connectivity index is 1.66. The number of nitrogens with zero attached hydrogens (tertiary/aromatic N) is 2. The van der Waals surface area contributed by atoms with Crippen molar-refractivity contribution in [2.75, 3.05) is 6.54 Å². The van der Waals surface area contributed by atoms with E-state index in [4.69, 9.17) is 0 Å². The highest BCUT2D eigenvalue weighted by Crippen LogP contribution is 2.37. The lowest BCUT2D eigenvalue weighted by Gasteiger charge is -2.29. The van der Waals surface area contributed by atoms with Crippen molar-refractivity contribution in [1.82, 2.24) is 9.29 Å². The molecule has 6 nitrogen and oxygen atoms in total. The van der Waals surface area contributed by atoms with Crippen molar-refractivity contribution >= 4 is 27.3 Å². The number of hydrogen-bond donors (Lipinski definition) is 1. The molecule has 0 radical (unpaired) electrons. The van der Waals surface area contributed by atoms with Crippen LogP contribution in [0.3, 0.4) is 0 Å². The summed E-state index contributed by atoms with van der Waals surface area (Å²) in [6.45, 7) is 6.71. The van der Waals surface area contributed by atoms with Gasteiger partial charge in [-0.2, -0.15) is 17.5 Å². The van der Waals surface area contributed by atoms with Crippen molar-refractivity contribution in [2.45, 2.75) is 57.1 Å². The van der Waals surface area contributed by atoms with Gasteiger partial charge in [-0.25, -0.2) is 13.4 Å². The number of aromatic nitrogens is 1. The van der Waals surface area contributed by atoms with Gasteiger partial charge in [-0.3, -0.25) is 4.79 Å². The van der Waals surface area contributed by atoms with Gasteiger partial charge < -0.3 is 5.11 Å². The second kappa shape index (κ2) is 8.97. The van der Waals surface area contributed by atoms with Gasteiger partial charge in [-0.1, -0.05) is 18.2 Å². The van der Waals surface area contributed by atoms with Crippen LogP contribution in [0.25, 0.3) is 10.6 Å². The number of carboxylic acid groups (broad SMARTS) is 1. The molecule has 0 saturated heterocycles. The van der Waals surface area contributed by atoms with E-state index in [1.807, 2.05) is 0 Å². The van der Waals surface area contributed by atoms with E-state index < -0.39 is 33.1 Å². The number of carbonyl (C=O) groups is 1. The zero-order valence-electron chi connectivity index (χ0n) is 20.1. The Kier molecular flexibility index (Phi) is 6.55. The molecule has 192 valence electrons. The summed E-state index contributed by atoms with van der Waals surface area (Å²) < 4.78 is 67.4. The number of rotatable bonds is 5. The van der Waals surface area contributed by atoms with E-state index in [0.29, 0.717) is 33.7 Å². The summed E-state index contributed by atoms with van der Waals surface area (Å²) in [6, 6.07) is 8.00. The summed E-state index contributed by atoms with van der Waals surface area (Å²) in [5.74, 6) is -1.05. The average Bonchev–Trinajstić information content (AvgIpc) is 3.23. The Hall–Kier alpha value is -2.76. The molecule has 3 aromatic rings. The highest BCUT2D eigenvalue weighted by molar-refractivity contribution is 7.89. The van der Waals surface area contributed by atoms with Crippen molar-refractivity contribution in [3.05, 3.63) is 69.2 Å². The van der Waals surface area contributed by atoms with Crippen molar-refractivity contribution in [1.29, 1.82) is 0 Å². The molecule has 36 heavy (non-hydrogen) atoms. The molecule has 0 aliphatic carbocycles. The predicted molar refractivity (Wildman–Crippen MR) is 130 cm³/mol. The Morgan fingerprint density at radius 3 is 2.33 bits per heavy atom. The molecule has 2 heterocycles. The average molecular weight is 539 g/mol. The molecule has 0 fully saturated rings. The fourth-order valence-corrected chi connectivity index (χ4v) is 7.25. The lowest BCUT2D eigenvalue weighted by Crippen LogP contribution is -2.36. The maximum Gasteiger partial charge on any atom is 0.416 e. The van der Waals surface area contributed by atoms with Crippen LogP contribution >= 0.6 is 11.3 Å². The number of aliphatic carboxylic acids is 1. The molecule has 0 spiro atoms. The number of thiazole rings is 1. The van der Waals surface area contributed by atoms with Gasteiger partial charge >= 0.3 is 12.1 Å². The van der Waals surface area contributed by atoms with E-state index in [1.54, 1.807) is 39.8 Å². The standard InChI is InChI=1S/C25H25F3N2O4S2/c1-14-11-18(24(3,4)23(31)32)15(2)21(12-14)36(33,34)30-10-9-19-20(13-30)35-22(29-19)16-5-7-17(8-6-16)25(26,27)28/h5-8,11-12H,9-10,13H2,1-4H3,(H,31,32). The molecule has 2 aromatic carbocycles. The summed E-state index contributed by atoms with van der Waals surface area (Å²) in [7, 11) is -3.95. The summed E-state index contributed by atoms with van der Waals surface area (Å²) in [6.07, 6.45) is -4.06. The van der Waals surface area contributed by atoms with Crippen LogP contribution < -0.4 is 0 Å². The van der Waals surface area contributed by atoms with Gasteiger partial charge in [0.1, 0.15) is 5.01 Å². The number of alkyl halides is 3. The molecule has 1 aromatic heterocycles. The molecule has 0 atom stereocenters. The maximum absolute atomic E-state index is 13.7. The lowest BCUT2D eigenvalue weighted by molar-refractivity contribution is -0.142. The maximum atomic E-state index is 13.7. The van der Waals surface area contributed by atoms with Gasteiger partial charge in [0.25, 0.3) is 0 Å². The summed E-state index contributed by atoms with van der Waals surface area (Å²) in [5, 5.41) is 10.2. The predicted octanol–water partition coefficient (Wildman–Crippen LogP) is 5.55. The molecular formula is C25H25F3N2O4S2. The minimum Gasteiger partial charge on any atom is -0.481 e. The smallest absolute Gasteiger partial charge is 0.416 e. The Morgan fingerprint density at radius 2 is 1.75 bits per heavy atom. The molecule has 1 N–H and O–H groups in total. The normalized spacial score (nSPS) is 15.1. The summed E-state index contributed by atoms with van der Waals surface area (Å²) in [4.78, 5) is 17.2. The minimum absolute atomic E-state index is 0.0720. The van der Waals surface area contributed by atoms with E-state index in [0.717, 1.165) is 22.7 Å². The monoisotopic (exact) mass is 538 g/mol. The Labute approximate surface area is 211 Å². The first-order valence-corrected chi connectivity index (χ1v) is 13.4. The van der Waals surface area contributed by atoms with Crippen LogP contribution in [-0.4, -0.2) is 35.3 Å². The molecule has 0 bridgehead atoms. The number of halogens is 3. The SMILES string of the molecule is Cc1cc(C(C)(C)C(=O)O)c(C)c(S(=O)(=O)N2CCc3nc(-c4ccc(C(F)(F)F)cc4)sc3C2)c1. The van der Waals surface area contributed by atoms with Crippen LogP contribution in [0.1, 0.15) is 46.7 Å². The van der Waals surface area contributed by atoms with Crippen LogP contribution in [0.15, 0.2) is 41.3 Å². The third-order valence-electron chi connectivity index (χ3n) is 6.49. The molecule has 0 amide bonds. The van der Waals surface area contributed by atoms with Gasteiger partial charge in [-0.15, -0.1) is 11.3 Å². The van der Waals surface area contributed by atoms with Crippen molar-refractivity contribution < 1.29 is 31.5 Å². The first-order chi connectivity index (χ1) is 16.6. The number of aryl methyl sites for hydroxylation is 1. The van der Waals surface area contributed by atoms with E-state index in [1.165, 1.54) is 27.8 Å². The van der Waals surface area contributed by atoms with Crippen molar-refractivity contribution in [2.24, 2.45) is 0 Å². The molecule has 11 heteroatoms. The van der Waals surface area contributed by atoms with Crippen LogP contribution in [0.5, 0.6) is 0 Å². The molecule has 1 aliphatic rings. The largest absolute Gasteiger partial charge is 0.481 e. The number of fused-ring (bicyclic) bond motifs is 1. The second-order valence-corrected chi connectivity index (χ2v) is 12.4. The van der Waals surface area contributed by atoms with E-state index in [2.05, 4.69) is 4.98 Å². The third kappa shape index (κ3) is 4.67. The first kappa shape index (κ1) is 26.3. The quantitative estimate of drug-likeness (QED) is 0.460. The van der Waals surface area contributed by atoms with Gasteiger partial charge in [0, 0.05) is 23.4 Å². The van der Waals surface area contributed by atoms with Crippen LogP contribution in [-0.2, 0) is 39.4 Å². The number of sulfonamides is 1. The number of hydrogen-bond acceptors (Lipinski definition) is 5. The van der Waals surface area contributed by atoms with Gasteiger partial charge in [-0.05, 0) is 62.6 Å². The third-order valence-corrected chi connectivity index (χ3v) is 9.59. The highest BCUT2D eigenvalue weighted by atomic mass is 32.2. The van der Waals surface area contributed by atoms with E-state index >= 15 is 0 Å². The summed E-state index contributed by atoms with van der Waals surface area (Å²) in [5.41, 5.74) is 0.723. The zero-order chi connectivity index (χ0) is 26.6. The van der Waals surface area contributed by atoms with E-state index in [-0.39, 0.29) is 18.0 Å².